The topological polar surface area (TPSA) is 78.5 Å². The van der Waals surface area contributed by atoms with E-state index in [0.717, 1.165) is 18.4 Å². The van der Waals surface area contributed by atoms with Gasteiger partial charge in [-0.2, -0.15) is 0 Å². The van der Waals surface area contributed by atoms with E-state index < -0.39 is 6.04 Å². The van der Waals surface area contributed by atoms with Crippen LogP contribution in [0.4, 0.5) is 0 Å². The van der Waals surface area contributed by atoms with Gasteiger partial charge in [0.15, 0.2) is 0 Å². The highest BCUT2D eigenvalue weighted by Gasteiger charge is 2.39. The van der Waals surface area contributed by atoms with E-state index in [0.29, 0.717) is 30.5 Å². The Morgan fingerprint density at radius 3 is 2.54 bits per heavy atom. The minimum atomic E-state index is -0.540. The van der Waals surface area contributed by atoms with E-state index in [1.165, 1.54) is 18.4 Å². The summed E-state index contributed by atoms with van der Waals surface area (Å²) in [6.45, 7) is 0.458. The van der Waals surface area contributed by atoms with Crippen molar-refractivity contribution in [3.63, 3.8) is 0 Å². The van der Waals surface area contributed by atoms with Crippen molar-refractivity contribution in [3.8, 4) is 0 Å². The average Bonchev–Trinajstić information content (AvgIpc) is 2.98. The van der Waals surface area contributed by atoms with Gasteiger partial charge < -0.3 is 10.2 Å². The Bertz CT molecular complexity index is 753. The summed E-state index contributed by atoms with van der Waals surface area (Å²) in [6.07, 6.45) is 5.38. The maximum Gasteiger partial charge on any atom is 0.255 e. The predicted molar refractivity (Wildman–Crippen MR) is 96.5 cm³/mol. The molecular weight excluding hydrogens is 330 g/mol. The van der Waals surface area contributed by atoms with E-state index in [1.807, 2.05) is 13.1 Å². The number of benzene rings is 1. The van der Waals surface area contributed by atoms with Crippen LogP contribution in [0.25, 0.3) is 0 Å². The van der Waals surface area contributed by atoms with Gasteiger partial charge in [0.25, 0.3) is 5.91 Å². The average molecular weight is 355 g/mol. The lowest BCUT2D eigenvalue weighted by atomic mass is 9.81. The quantitative estimate of drug-likeness (QED) is 0.809. The molecule has 1 atom stereocenters. The van der Waals surface area contributed by atoms with E-state index in [-0.39, 0.29) is 24.1 Å². The largest absolute Gasteiger partial charge is 0.322 e. The maximum absolute atomic E-state index is 12.7. The normalized spacial score (nSPS) is 28.9. The zero-order valence-corrected chi connectivity index (χ0v) is 15.1. The third kappa shape index (κ3) is 3.03. The molecule has 1 saturated carbocycles. The van der Waals surface area contributed by atoms with E-state index in [4.69, 9.17) is 0 Å². The number of hydrogen-bond donors (Lipinski definition) is 2. The van der Waals surface area contributed by atoms with Crippen LogP contribution in [0.1, 0.15) is 65.9 Å². The molecule has 0 unspecified atom stereocenters. The first-order valence-electron chi connectivity index (χ1n) is 9.51. The highest BCUT2D eigenvalue weighted by Crippen LogP contribution is 2.36. The van der Waals surface area contributed by atoms with Crippen molar-refractivity contribution >= 4 is 17.7 Å². The van der Waals surface area contributed by atoms with Gasteiger partial charge in [-0.3, -0.25) is 19.7 Å². The van der Waals surface area contributed by atoms with E-state index in [2.05, 4.69) is 22.8 Å². The van der Waals surface area contributed by atoms with Gasteiger partial charge >= 0.3 is 0 Å². The van der Waals surface area contributed by atoms with Crippen molar-refractivity contribution in [2.45, 2.75) is 63.1 Å². The Labute approximate surface area is 153 Å². The van der Waals surface area contributed by atoms with Crippen molar-refractivity contribution in [1.29, 1.82) is 0 Å². The first kappa shape index (κ1) is 17.2. The summed E-state index contributed by atoms with van der Waals surface area (Å²) in [5.74, 6) is -0.160. The van der Waals surface area contributed by atoms with E-state index in [1.54, 1.807) is 4.90 Å². The molecule has 4 rings (SSSR count). The molecule has 2 aliphatic heterocycles. The molecule has 6 heteroatoms. The lowest BCUT2D eigenvalue weighted by Gasteiger charge is -2.29. The molecule has 0 radical (unpaired) electrons. The summed E-state index contributed by atoms with van der Waals surface area (Å²) in [5.41, 5.74) is 3.01. The Balaban J connectivity index is 1.50. The molecule has 2 heterocycles. The van der Waals surface area contributed by atoms with Crippen LogP contribution in [0.2, 0.25) is 0 Å². The minimum Gasteiger partial charge on any atom is -0.322 e. The fourth-order valence-electron chi connectivity index (χ4n) is 4.56. The number of carbonyl (C=O) groups excluding carboxylic acids is 3. The Morgan fingerprint density at radius 2 is 1.85 bits per heavy atom. The van der Waals surface area contributed by atoms with Gasteiger partial charge in [-0.15, -0.1) is 0 Å². The summed E-state index contributed by atoms with van der Waals surface area (Å²) in [4.78, 5) is 37.9. The van der Waals surface area contributed by atoms with Crippen LogP contribution >= 0.6 is 0 Å². The third-order valence-electron chi connectivity index (χ3n) is 6.15. The summed E-state index contributed by atoms with van der Waals surface area (Å²) in [5, 5.41) is 5.71. The molecule has 2 N–H and O–H groups in total. The van der Waals surface area contributed by atoms with Crippen LogP contribution in [0.3, 0.4) is 0 Å². The van der Waals surface area contributed by atoms with Gasteiger partial charge in [-0.1, -0.05) is 12.1 Å². The van der Waals surface area contributed by atoms with Crippen LogP contribution in [0.15, 0.2) is 18.2 Å². The number of amides is 3. The fourth-order valence-corrected chi connectivity index (χ4v) is 4.56. The van der Waals surface area contributed by atoms with Crippen LogP contribution in [0.5, 0.6) is 0 Å². The van der Waals surface area contributed by atoms with Crippen LogP contribution in [-0.4, -0.2) is 41.8 Å². The molecule has 1 aromatic rings. The number of nitrogens with zero attached hydrogens (tertiary/aromatic N) is 1. The highest BCUT2D eigenvalue weighted by atomic mass is 16.2. The van der Waals surface area contributed by atoms with Gasteiger partial charge in [0.1, 0.15) is 6.04 Å². The minimum absolute atomic E-state index is 0.0973. The van der Waals surface area contributed by atoms with Gasteiger partial charge in [0.2, 0.25) is 11.8 Å². The van der Waals surface area contributed by atoms with Crippen molar-refractivity contribution in [3.05, 3.63) is 34.9 Å². The number of nitrogens with one attached hydrogen (secondary N) is 2. The third-order valence-corrected chi connectivity index (χ3v) is 6.15. The van der Waals surface area contributed by atoms with Crippen molar-refractivity contribution in [1.82, 2.24) is 15.5 Å². The Kier molecular flexibility index (Phi) is 4.53. The number of rotatable bonds is 3. The van der Waals surface area contributed by atoms with Crippen LogP contribution in [0, 0.1) is 0 Å². The van der Waals surface area contributed by atoms with E-state index >= 15 is 0 Å². The molecule has 0 spiro atoms. The van der Waals surface area contributed by atoms with Gasteiger partial charge in [-0.05, 0) is 62.3 Å². The number of hydrogen-bond acceptors (Lipinski definition) is 4. The number of carbonyl (C=O) groups is 3. The van der Waals surface area contributed by atoms with Gasteiger partial charge in [0.05, 0.1) is 0 Å². The van der Waals surface area contributed by atoms with Crippen molar-refractivity contribution < 1.29 is 14.4 Å². The van der Waals surface area contributed by atoms with Crippen LogP contribution < -0.4 is 10.6 Å². The maximum atomic E-state index is 12.7. The summed E-state index contributed by atoms with van der Waals surface area (Å²) in [7, 11) is 2.02. The lowest BCUT2D eigenvalue weighted by Crippen LogP contribution is -2.52. The SMILES string of the molecule is CN[C@H]1CC[C@@H](c2ccc3c(c2)CN([C@H]2CCC(=O)NC2=O)C3=O)CC1. The smallest absolute Gasteiger partial charge is 0.255 e. The Morgan fingerprint density at radius 1 is 1.08 bits per heavy atom. The number of piperidine rings is 1. The molecule has 2 fully saturated rings. The van der Waals surface area contributed by atoms with Gasteiger partial charge in [0, 0.05) is 24.6 Å². The molecular formula is C20H25N3O3. The monoisotopic (exact) mass is 355 g/mol. The van der Waals surface area contributed by atoms with E-state index in [9.17, 15) is 14.4 Å². The molecule has 138 valence electrons. The number of imide groups is 1. The fraction of sp³-hybridized carbons (Fsp3) is 0.550. The second kappa shape index (κ2) is 6.83. The predicted octanol–water partition coefficient (Wildman–Crippen LogP) is 1.69. The van der Waals surface area contributed by atoms with Gasteiger partial charge in [-0.25, -0.2) is 0 Å². The summed E-state index contributed by atoms with van der Waals surface area (Å²) >= 11 is 0. The standard InChI is InChI=1S/C20H25N3O3/c1-21-15-5-2-12(3-6-15)13-4-7-16-14(10-13)11-23(20(16)26)17-8-9-18(24)22-19(17)25/h4,7,10,12,15,17,21H,2-3,5-6,8-9,11H2,1H3,(H,22,24,25)/t12-,15+,17-/m0/s1. The van der Waals surface area contributed by atoms with Crippen LogP contribution in [-0.2, 0) is 16.1 Å². The second-order valence-electron chi connectivity index (χ2n) is 7.65. The molecule has 3 amide bonds. The molecule has 0 aromatic heterocycles. The first-order valence-corrected chi connectivity index (χ1v) is 9.51. The molecule has 0 bridgehead atoms. The molecule has 1 saturated heterocycles. The second-order valence-corrected chi connectivity index (χ2v) is 7.65. The zero-order chi connectivity index (χ0) is 18.3. The number of fused-ring (bicyclic) bond motifs is 1. The molecule has 3 aliphatic rings. The zero-order valence-electron chi connectivity index (χ0n) is 15.1. The summed E-state index contributed by atoms with van der Waals surface area (Å²) < 4.78 is 0. The molecule has 1 aliphatic carbocycles. The molecule has 1 aromatic carbocycles. The summed E-state index contributed by atoms with van der Waals surface area (Å²) in [6, 6.07) is 6.23. The molecule has 6 nitrogen and oxygen atoms in total. The van der Waals surface area contributed by atoms with Crippen molar-refractivity contribution in [2.75, 3.05) is 7.05 Å². The highest BCUT2D eigenvalue weighted by molar-refractivity contribution is 6.05. The first-order chi connectivity index (χ1) is 12.6. The molecule has 26 heavy (non-hydrogen) atoms. The Hall–Kier alpha value is -2.21. The lowest BCUT2D eigenvalue weighted by molar-refractivity contribution is -0.136. The van der Waals surface area contributed by atoms with Crippen molar-refractivity contribution in [2.24, 2.45) is 0 Å².